The maximum atomic E-state index is 11.9. The largest absolute Gasteiger partial charge is 0.383 e. The molecule has 1 fully saturated rings. The molecule has 1 aromatic carbocycles. The summed E-state index contributed by atoms with van der Waals surface area (Å²) < 4.78 is 4.94. The van der Waals surface area contributed by atoms with E-state index in [0.717, 1.165) is 32.7 Å². The molecule has 158 valence electrons. The van der Waals surface area contributed by atoms with Crippen molar-refractivity contribution in [2.45, 2.75) is 13.0 Å². The highest BCUT2D eigenvalue weighted by Gasteiger charge is 2.19. The third-order valence-electron chi connectivity index (χ3n) is 4.20. The normalized spacial score (nSPS) is 15.0. The van der Waals surface area contributed by atoms with Crippen LogP contribution in [0.2, 0.25) is 0 Å². The fraction of sp³-hybridized carbons (Fsp3) is 0.611. The maximum Gasteiger partial charge on any atom is 0.234 e. The predicted molar refractivity (Wildman–Crippen MR) is 119 cm³/mol. The number of nitrogens with zero attached hydrogens (tertiary/aromatic N) is 2. The Labute approximate surface area is 181 Å². The fourth-order valence-corrected chi connectivity index (χ4v) is 2.96. The molecule has 0 bridgehead atoms. The first-order chi connectivity index (χ1) is 11.7. The van der Waals surface area contributed by atoms with Crippen LogP contribution in [-0.4, -0.2) is 76.4 Å². The molecule has 6 nitrogen and oxygen atoms in total. The Kier molecular flexibility index (Phi) is 17.1. The Morgan fingerprint density at radius 3 is 2.33 bits per heavy atom. The van der Waals surface area contributed by atoms with Crippen LogP contribution in [0.15, 0.2) is 30.3 Å². The first kappa shape index (κ1) is 28.4. The van der Waals surface area contributed by atoms with Gasteiger partial charge < -0.3 is 20.3 Å². The van der Waals surface area contributed by atoms with Crippen LogP contribution in [0.3, 0.4) is 0 Å². The molecule has 2 N–H and O–H groups in total. The van der Waals surface area contributed by atoms with Gasteiger partial charge in [-0.1, -0.05) is 18.2 Å². The van der Waals surface area contributed by atoms with Crippen LogP contribution in [0.4, 0.5) is 5.69 Å². The van der Waals surface area contributed by atoms with E-state index in [1.165, 1.54) is 5.69 Å². The van der Waals surface area contributed by atoms with Crippen LogP contribution in [0, 0.1) is 0 Å². The molecule has 0 aliphatic carbocycles. The van der Waals surface area contributed by atoms with E-state index in [2.05, 4.69) is 51.6 Å². The van der Waals surface area contributed by atoms with Gasteiger partial charge in [-0.2, -0.15) is 0 Å². The van der Waals surface area contributed by atoms with Gasteiger partial charge in [-0.25, -0.2) is 0 Å². The van der Waals surface area contributed by atoms with Crippen molar-refractivity contribution in [3.05, 3.63) is 30.3 Å². The zero-order valence-electron chi connectivity index (χ0n) is 16.1. The minimum absolute atomic E-state index is 0. The molecule has 1 aromatic rings. The summed E-state index contributed by atoms with van der Waals surface area (Å²) >= 11 is 0. The Morgan fingerprint density at radius 1 is 1.11 bits per heavy atom. The van der Waals surface area contributed by atoms with Gasteiger partial charge in [0, 0.05) is 58.1 Å². The molecule has 0 saturated carbocycles. The Balaban J connectivity index is 0. The van der Waals surface area contributed by atoms with Crippen LogP contribution in [0.1, 0.15) is 6.92 Å². The maximum absolute atomic E-state index is 11.9. The second kappa shape index (κ2) is 16.2. The monoisotopic (exact) mass is 442 g/mol. The lowest BCUT2D eigenvalue weighted by molar-refractivity contribution is -0.121. The summed E-state index contributed by atoms with van der Waals surface area (Å²) in [5.41, 5.74) is 1.29. The van der Waals surface area contributed by atoms with E-state index >= 15 is 0 Å². The standard InChI is InChI=1S/C18H30N4O2.3ClH/c1-16(20-18(23)14-19-8-13-24-2)15-21-9-11-22(12-10-21)17-6-4-3-5-7-17;;;/h3-7,16,19H,8-15H2,1-2H3,(H,20,23);3*1H. The molecule has 1 heterocycles. The van der Waals surface area contributed by atoms with Crippen molar-refractivity contribution in [3.8, 4) is 0 Å². The van der Waals surface area contributed by atoms with Crippen LogP contribution < -0.4 is 15.5 Å². The molecule has 1 saturated heterocycles. The quantitative estimate of drug-likeness (QED) is 0.570. The molecular formula is C18H33Cl3N4O2. The molecule has 1 aliphatic rings. The highest BCUT2D eigenvalue weighted by Crippen LogP contribution is 2.15. The van der Waals surface area contributed by atoms with Crippen LogP contribution in [0.5, 0.6) is 0 Å². The highest BCUT2D eigenvalue weighted by molar-refractivity contribution is 5.86. The molecule has 27 heavy (non-hydrogen) atoms. The summed E-state index contributed by atoms with van der Waals surface area (Å²) in [6.45, 7) is 8.74. The van der Waals surface area contributed by atoms with E-state index in [4.69, 9.17) is 4.74 Å². The lowest BCUT2D eigenvalue weighted by Gasteiger charge is -2.37. The number of piperazine rings is 1. The molecule has 1 unspecified atom stereocenters. The number of rotatable bonds is 9. The van der Waals surface area contributed by atoms with Crippen LogP contribution >= 0.6 is 37.2 Å². The molecule has 9 heteroatoms. The third kappa shape index (κ3) is 11.0. The van der Waals surface area contributed by atoms with E-state index < -0.39 is 0 Å². The first-order valence-electron chi connectivity index (χ1n) is 8.70. The van der Waals surface area contributed by atoms with Gasteiger partial charge >= 0.3 is 0 Å². The van der Waals surface area contributed by atoms with E-state index in [0.29, 0.717) is 19.7 Å². The molecular weight excluding hydrogens is 411 g/mol. The van der Waals surface area contributed by atoms with Crippen molar-refractivity contribution in [1.29, 1.82) is 0 Å². The van der Waals surface area contributed by atoms with Crippen LogP contribution in [-0.2, 0) is 9.53 Å². The highest BCUT2D eigenvalue weighted by atomic mass is 35.5. The molecule has 1 aliphatic heterocycles. The average Bonchev–Trinajstić information content (AvgIpc) is 2.60. The molecule has 0 radical (unpaired) electrons. The number of benzene rings is 1. The minimum atomic E-state index is 0. The second-order valence-corrected chi connectivity index (χ2v) is 6.26. The number of para-hydroxylation sites is 1. The molecule has 0 aromatic heterocycles. The number of methoxy groups -OCH3 is 1. The van der Waals surface area contributed by atoms with Gasteiger partial charge in [0.2, 0.25) is 5.91 Å². The van der Waals surface area contributed by atoms with Gasteiger partial charge in [0.25, 0.3) is 0 Å². The van der Waals surface area contributed by atoms with Crippen molar-refractivity contribution < 1.29 is 9.53 Å². The fourth-order valence-electron chi connectivity index (χ4n) is 2.96. The van der Waals surface area contributed by atoms with Crippen molar-refractivity contribution >= 4 is 48.8 Å². The smallest absolute Gasteiger partial charge is 0.234 e. The summed E-state index contributed by atoms with van der Waals surface area (Å²) in [6.07, 6.45) is 0. The number of hydrogen-bond acceptors (Lipinski definition) is 5. The number of amides is 1. The molecule has 2 rings (SSSR count). The second-order valence-electron chi connectivity index (χ2n) is 6.26. The van der Waals surface area contributed by atoms with Crippen molar-refractivity contribution in [1.82, 2.24) is 15.5 Å². The number of carbonyl (C=O) groups is 1. The van der Waals surface area contributed by atoms with Gasteiger partial charge in [0.1, 0.15) is 0 Å². The predicted octanol–water partition coefficient (Wildman–Crippen LogP) is 1.81. The van der Waals surface area contributed by atoms with Gasteiger partial charge in [0.15, 0.2) is 0 Å². The lowest BCUT2D eigenvalue weighted by atomic mass is 10.2. The number of hydrogen-bond donors (Lipinski definition) is 2. The summed E-state index contributed by atoms with van der Waals surface area (Å²) in [4.78, 5) is 16.7. The Morgan fingerprint density at radius 2 is 1.74 bits per heavy atom. The summed E-state index contributed by atoms with van der Waals surface area (Å²) in [7, 11) is 1.65. The zero-order chi connectivity index (χ0) is 17.2. The summed E-state index contributed by atoms with van der Waals surface area (Å²) in [6, 6.07) is 10.7. The number of carbonyl (C=O) groups excluding carboxylic acids is 1. The Hall–Kier alpha value is -0.760. The Bertz CT molecular complexity index is 489. The summed E-state index contributed by atoms with van der Waals surface area (Å²) in [5.74, 6) is 0.0431. The third-order valence-corrected chi connectivity index (χ3v) is 4.20. The van der Waals surface area contributed by atoms with Gasteiger partial charge in [-0.05, 0) is 19.1 Å². The van der Waals surface area contributed by atoms with E-state index in [-0.39, 0.29) is 49.2 Å². The first-order valence-corrected chi connectivity index (χ1v) is 8.70. The lowest BCUT2D eigenvalue weighted by Crippen LogP contribution is -2.51. The average molecular weight is 444 g/mol. The number of anilines is 1. The van der Waals surface area contributed by atoms with Crippen molar-refractivity contribution in [2.75, 3.05) is 64.4 Å². The molecule has 1 atom stereocenters. The molecule has 1 amide bonds. The van der Waals surface area contributed by atoms with Gasteiger partial charge in [-0.3, -0.25) is 9.69 Å². The topological polar surface area (TPSA) is 56.8 Å². The number of halogens is 3. The van der Waals surface area contributed by atoms with E-state index in [1.807, 2.05) is 6.07 Å². The minimum Gasteiger partial charge on any atom is -0.383 e. The van der Waals surface area contributed by atoms with Gasteiger partial charge in [-0.15, -0.1) is 37.2 Å². The number of ether oxygens (including phenoxy) is 1. The molecule has 0 spiro atoms. The van der Waals surface area contributed by atoms with E-state index in [1.54, 1.807) is 7.11 Å². The number of nitrogens with one attached hydrogen (secondary N) is 2. The van der Waals surface area contributed by atoms with Crippen molar-refractivity contribution in [3.63, 3.8) is 0 Å². The van der Waals surface area contributed by atoms with Crippen molar-refractivity contribution in [2.24, 2.45) is 0 Å². The SMILES string of the molecule is COCCNCC(=O)NC(C)CN1CCN(c2ccccc2)CC1.Cl.Cl.Cl. The van der Waals surface area contributed by atoms with Gasteiger partial charge in [0.05, 0.1) is 13.2 Å². The zero-order valence-corrected chi connectivity index (χ0v) is 18.5. The summed E-state index contributed by atoms with van der Waals surface area (Å²) in [5, 5.41) is 6.11. The van der Waals surface area contributed by atoms with E-state index in [9.17, 15) is 4.79 Å². The van der Waals surface area contributed by atoms with Crippen LogP contribution in [0.25, 0.3) is 0 Å².